The molecule has 0 saturated carbocycles. The fourth-order valence-electron chi connectivity index (χ4n) is 4.70. The van der Waals surface area contributed by atoms with E-state index < -0.39 is 0 Å². The number of hydrogen-bond acceptors (Lipinski definition) is 2. The first kappa shape index (κ1) is 21.4. The number of aromatic nitrogens is 2. The number of hydrogen-bond donors (Lipinski definition) is 0. The maximum Gasteiger partial charge on any atom is 0.0963 e. The van der Waals surface area contributed by atoms with Crippen LogP contribution in [0.2, 0.25) is 0 Å². The minimum atomic E-state index is 0.989. The summed E-state index contributed by atoms with van der Waals surface area (Å²) in [5.41, 5.74) is 7.55. The van der Waals surface area contributed by atoms with Crippen molar-refractivity contribution in [1.82, 2.24) is 14.5 Å². The minimum Gasteiger partial charge on any atom is -0.330 e. The van der Waals surface area contributed by atoms with Gasteiger partial charge in [-0.05, 0) is 36.9 Å². The van der Waals surface area contributed by atoms with Crippen LogP contribution < -0.4 is 0 Å². The molecule has 0 atom stereocenters. The summed E-state index contributed by atoms with van der Waals surface area (Å²) in [7, 11) is 0. The number of nitrogens with zero attached hydrogens (tertiary/aromatic N) is 3. The largest absolute Gasteiger partial charge is 0.330 e. The Labute approximate surface area is 197 Å². The maximum atomic E-state index is 4.81. The fourth-order valence-corrected chi connectivity index (χ4v) is 4.70. The van der Waals surface area contributed by atoms with Crippen LogP contribution in [0.4, 0.5) is 0 Å². The summed E-state index contributed by atoms with van der Waals surface area (Å²) >= 11 is 0. The number of imidazole rings is 1. The van der Waals surface area contributed by atoms with Gasteiger partial charge < -0.3 is 4.57 Å². The first-order chi connectivity index (χ1) is 16.4. The predicted molar refractivity (Wildman–Crippen MR) is 138 cm³/mol. The van der Waals surface area contributed by atoms with E-state index in [0.717, 1.165) is 44.7 Å². The van der Waals surface area contributed by atoms with Gasteiger partial charge in [0.05, 0.1) is 17.7 Å². The van der Waals surface area contributed by atoms with Crippen LogP contribution in [-0.2, 0) is 6.54 Å². The second-order valence-electron chi connectivity index (χ2n) is 8.72. The van der Waals surface area contributed by atoms with Crippen LogP contribution in [-0.4, -0.2) is 34.1 Å². The van der Waals surface area contributed by atoms with E-state index in [-0.39, 0.29) is 0 Å². The van der Waals surface area contributed by atoms with Crippen molar-refractivity contribution in [1.29, 1.82) is 0 Å². The molecule has 3 heteroatoms. The molecule has 0 amide bonds. The standard InChI is InChI=1S/C30H31N3/c1-4-12-25(13-5-1)26-18-22-32(23-19-26)20-10-11-21-33-24-31-29(27-14-6-2-7-15-27)30(33)28-16-8-3-9-17-28/h1-9,12-18,24H,10-11,19-23H2. The van der Waals surface area contributed by atoms with E-state index in [1.54, 1.807) is 0 Å². The Morgan fingerprint density at radius 3 is 1.91 bits per heavy atom. The number of rotatable bonds is 8. The van der Waals surface area contributed by atoms with Crippen LogP contribution in [0.1, 0.15) is 24.8 Å². The van der Waals surface area contributed by atoms with E-state index in [1.165, 1.54) is 34.4 Å². The van der Waals surface area contributed by atoms with Crippen molar-refractivity contribution < 1.29 is 0 Å². The van der Waals surface area contributed by atoms with Crippen LogP contribution >= 0.6 is 0 Å². The van der Waals surface area contributed by atoms with Crippen molar-refractivity contribution in [3.63, 3.8) is 0 Å². The quantitative estimate of drug-likeness (QED) is 0.285. The highest BCUT2D eigenvalue weighted by Crippen LogP contribution is 2.31. The van der Waals surface area contributed by atoms with Crippen molar-refractivity contribution in [3.8, 4) is 22.5 Å². The molecule has 2 heterocycles. The van der Waals surface area contributed by atoms with Gasteiger partial charge in [0.25, 0.3) is 0 Å². The molecule has 4 aromatic rings. The SMILES string of the molecule is C1=C(c2ccccc2)CCN(CCCCn2cnc(-c3ccccc3)c2-c2ccccc2)C1. The highest BCUT2D eigenvalue weighted by molar-refractivity contribution is 5.78. The molecule has 0 unspecified atom stereocenters. The summed E-state index contributed by atoms with van der Waals surface area (Å²) in [4.78, 5) is 7.39. The van der Waals surface area contributed by atoms with Crippen LogP contribution in [0.15, 0.2) is 103 Å². The molecule has 166 valence electrons. The van der Waals surface area contributed by atoms with E-state index in [1.807, 2.05) is 6.33 Å². The van der Waals surface area contributed by atoms with Gasteiger partial charge in [-0.25, -0.2) is 4.98 Å². The summed E-state index contributed by atoms with van der Waals surface area (Å²) in [5.74, 6) is 0. The molecule has 1 aliphatic heterocycles. The molecule has 0 spiro atoms. The molecule has 33 heavy (non-hydrogen) atoms. The Bertz CT molecular complexity index is 1180. The van der Waals surface area contributed by atoms with E-state index in [4.69, 9.17) is 4.98 Å². The van der Waals surface area contributed by atoms with Gasteiger partial charge in [0, 0.05) is 30.8 Å². The normalized spacial score (nSPS) is 14.2. The van der Waals surface area contributed by atoms with Gasteiger partial charge in [0.1, 0.15) is 0 Å². The van der Waals surface area contributed by atoms with Gasteiger partial charge in [-0.2, -0.15) is 0 Å². The smallest absolute Gasteiger partial charge is 0.0963 e. The molecule has 0 bridgehead atoms. The van der Waals surface area contributed by atoms with Crippen molar-refractivity contribution in [2.75, 3.05) is 19.6 Å². The van der Waals surface area contributed by atoms with Gasteiger partial charge >= 0.3 is 0 Å². The van der Waals surface area contributed by atoms with Crippen LogP contribution in [0.3, 0.4) is 0 Å². The Morgan fingerprint density at radius 1 is 0.667 bits per heavy atom. The second kappa shape index (κ2) is 10.5. The molecular weight excluding hydrogens is 402 g/mol. The topological polar surface area (TPSA) is 21.1 Å². The molecule has 3 aromatic carbocycles. The van der Waals surface area contributed by atoms with Crippen molar-refractivity contribution >= 4 is 5.57 Å². The van der Waals surface area contributed by atoms with Gasteiger partial charge in [0.2, 0.25) is 0 Å². The number of benzene rings is 3. The Balaban J connectivity index is 1.21. The lowest BCUT2D eigenvalue weighted by atomic mass is 9.99. The van der Waals surface area contributed by atoms with E-state index >= 15 is 0 Å². The molecular formula is C30H31N3. The molecule has 0 aliphatic carbocycles. The number of unbranched alkanes of at least 4 members (excludes halogenated alkanes) is 1. The Kier molecular flexibility index (Phi) is 6.79. The summed E-state index contributed by atoms with van der Waals surface area (Å²) in [5, 5.41) is 0. The lowest BCUT2D eigenvalue weighted by Gasteiger charge is -2.26. The third-order valence-corrected chi connectivity index (χ3v) is 6.49. The minimum absolute atomic E-state index is 0.989. The second-order valence-corrected chi connectivity index (χ2v) is 8.72. The first-order valence-electron chi connectivity index (χ1n) is 12.0. The lowest BCUT2D eigenvalue weighted by Crippen LogP contribution is -2.29. The molecule has 0 fully saturated rings. The summed E-state index contributed by atoms with van der Waals surface area (Å²) in [6.45, 7) is 4.35. The first-order valence-corrected chi connectivity index (χ1v) is 12.0. The van der Waals surface area contributed by atoms with Gasteiger partial charge in [0.15, 0.2) is 0 Å². The molecule has 0 saturated heterocycles. The van der Waals surface area contributed by atoms with Gasteiger partial charge in [-0.1, -0.05) is 97.1 Å². The molecule has 3 nitrogen and oxygen atoms in total. The zero-order valence-electron chi connectivity index (χ0n) is 19.1. The summed E-state index contributed by atoms with van der Waals surface area (Å²) < 4.78 is 2.33. The molecule has 0 N–H and O–H groups in total. The highest BCUT2D eigenvalue weighted by atomic mass is 15.1. The third kappa shape index (κ3) is 5.15. The van der Waals surface area contributed by atoms with Crippen LogP contribution in [0, 0.1) is 0 Å². The Morgan fingerprint density at radius 2 is 1.27 bits per heavy atom. The van der Waals surface area contributed by atoms with E-state index in [0.29, 0.717) is 0 Å². The summed E-state index contributed by atoms with van der Waals surface area (Å²) in [6, 6.07) is 32.0. The average Bonchev–Trinajstić information content (AvgIpc) is 3.32. The van der Waals surface area contributed by atoms with Gasteiger partial charge in [-0.15, -0.1) is 0 Å². The van der Waals surface area contributed by atoms with Crippen LogP contribution in [0.5, 0.6) is 0 Å². The molecule has 1 aromatic heterocycles. The van der Waals surface area contributed by atoms with Crippen molar-refractivity contribution in [2.45, 2.75) is 25.8 Å². The maximum absolute atomic E-state index is 4.81. The third-order valence-electron chi connectivity index (χ3n) is 6.49. The average molecular weight is 434 g/mol. The highest BCUT2D eigenvalue weighted by Gasteiger charge is 2.15. The van der Waals surface area contributed by atoms with E-state index in [2.05, 4.69) is 107 Å². The lowest BCUT2D eigenvalue weighted by molar-refractivity contribution is 0.292. The molecule has 0 radical (unpaired) electrons. The molecule has 1 aliphatic rings. The van der Waals surface area contributed by atoms with Gasteiger partial charge in [-0.3, -0.25) is 4.90 Å². The monoisotopic (exact) mass is 433 g/mol. The number of aryl methyl sites for hydroxylation is 1. The molecule has 5 rings (SSSR count). The zero-order chi connectivity index (χ0) is 22.3. The van der Waals surface area contributed by atoms with E-state index in [9.17, 15) is 0 Å². The zero-order valence-corrected chi connectivity index (χ0v) is 19.1. The Hall–Kier alpha value is -3.43. The van der Waals surface area contributed by atoms with Crippen molar-refractivity contribution in [2.24, 2.45) is 0 Å². The van der Waals surface area contributed by atoms with Crippen molar-refractivity contribution in [3.05, 3.63) is 109 Å². The van der Waals surface area contributed by atoms with Crippen LogP contribution in [0.25, 0.3) is 28.1 Å². The predicted octanol–water partition coefficient (Wildman–Crippen LogP) is 6.79. The fraction of sp³-hybridized carbons (Fsp3) is 0.233. The summed E-state index contributed by atoms with van der Waals surface area (Å²) in [6.07, 6.45) is 7.91.